The summed E-state index contributed by atoms with van der Waals surface area (Å²) < 4.78 is 24.9. The lowest BCUT2D eigenvalue weighted by atomic mass is 9.89. The molecule has 0 saturated carbocycles. The number of fused-ring (bicyclic) bond motifs is 1. The Kier molecular flexibility index (Phi) is 5.79. The lowest BCUT2D eigenvalue weighted by Crippen LogP contribution is -2.28. The van der Waals surface area contributed by atoms with Gasteiger partial charge in [0.25, 0.3) is 5.91 Å². The Morgan fingerprint density at radius 1 is 1.07 bits per heavy atom. The van der Waals surface area contributed by atoms with E-state index in [2.05, 4.69) is 23.5 Å². The van der Waals surface area contributed by atoms with Crippen molar-refractivity contribution in [2.75, 3.05) is 17.6 Å². The van der Waals surface area contributed by atoms with Gasteiger partial charge in [0.2, 0.25) is 10.0 Å². The second kappa shape index (κ2) is 7.95. The molecule has 1 N–H and O–H groups in total. The summed E-state index contributed by atoms with van der Waals surface area (Å²) in [6, 6.07) is 11.5. The van der Waals surface area contributed by atoms with E-state index in [4.69, 9.17) is 0 Å². The van der Waals surface area contributed by atoms with E-state index in [0.29, 0.717) is 11.3 Å². The van der Waals surface area contributed by atoms with Crippen LogP contribution < -0.4 is 9.62 Å². The van der Waals surface area contributed by atoms with Crippen molar-refractivity contribution in [1.82, 2.24) is 5.32 Å². The van der Waals surface area contributed by atoms with E-state index >= 15 is 0 Å². The zero-order valence-corrected chi connectivity index (χ0v) is 17.8. The molecule has 0 radical (unpaired) electrons. The van der Waals surface area contributed by atoms with Crippen molar-refractivity contribution in [3.05, 3.63) is 64.2 Å². The van der Waals surface area contributed by atoms with Gasteiger partial charge in [-0.1, -0.05) is 24.3 Å². The molecule has 0 saturated heterocycles. The second-order valence-electron chi connectivity index (χ2n) is 7.66. The predicted octanol–water partition coefficient (Wildman–Crippen LogP) is 3.76. The molecule has 0 unspecified atom stereocenters. The summed E-state index contributed by atoms with van der Waals surface area (Å²) in [6.45, 7) is 3.80. The number of carbonyl (C=O) groups excluding carboxylic acids is 1. The maximum absolute atomic E-state index is 12.8. The van der Waals surface area contributed by atoms with Crippen molar-refractivity contribution < 1.29 is 13.2 Å². The van der Waals surface area contributed by atoms with Gasteiger partial charge in [-0.3, -0.25) is 9.10 Å². The molecule has 1 aliphatic rings. The highest BCUT2D eigenvalue weighted by molar-refractivity contribution is 7.92. The average Bonchev–Trinajstić information content (AvgIpc) is 2.66. The lowest BCUT2D eigenvalue weighted by Gasteiger charge is -2.21. The number of nitrogens with one attached hydrogen (secondary N) is 1. The molecule has 1 aliphatic carbocycles. The first-order valence-electron chi connectivity index (χ1n) is 9.64. The molecule has 28 heavy (non-hydrogen) atoms. The van der Waals surface area contributed by atoms with Crippen LogP contribution >= 0.6 is 0 Å². The molecule has 150 valence electrons. The lowest BCUT2D eigenvalue weighted by molar-refractivity contribution is 0.0940. The fraction of sp³-hybridized carbons (Fsp3) is 0.409. The van der Waals surface area contributed by atoms with Crippen molar-refractivity contribution in [2.24, 2.45) is 0 Å². The third-order valence-corrected chi connectivity index (χ3v) is 6.72. The van der Waals surface area contributed by atoms with Gasteiger partial charge in [-0.2, -0.15) is 0 Å². The van der Waals surface area contributed by atoms with Crippen LogP contribution in [-0.2, 0) is 22.9 Å². The fourth-order valence-electron chi connectivity index (χ4n) is 3.65. The Morgan fingerprint density at radius 2 is 1.75 bits per heavy atom. The molecule has 0 spiro atoms. The van der Waals surface area contributed by atoms with Gasteiger partial charge in [0.05, 0.1) is 18.0 Å². The molecule has 0 fully saturated rings. The van der Waals surface area contributed by atoms with E-state index in [0.717, 1.165) is 30.2 Å². The van der Waals surface area contributed by atoms with Crippen LogP contribution in [0.3, 0.4) is 0 Å². The molecule has 0 bridgehead atoms. The first kappa shape index (κ1) is 20.4. The summed E-state index contributed by atoms with van der Waals surface area (Å²) in [5.41, 5.74) is 5.65. The normalized spacial score (nSPS) is 14.9. The minimum Gasteiger partial charge on any atom is -0.346 e. The number of benzene rings is 2. The standard InChI is InChI=1S/C22H28N2O3S/c1-15-9-10-20(14-21(15)24(3)28(4,26)27)22(25)23-16(2)18-12-11-17-7-5-6-8-19(17)13-18/h9-14,16H,5-8H2,1-4H3,(H,23,25)/t16-/m1/s1. The molecule has 3 rings (SSSR count). The maximum Gasteiger partial charge on any atom is 0.251 e. The van der Waals surface area contributed by atoms with Crippen molar-refractivity contribution in [2.45, 2.75) is 45.6 Å². The maximum atomic E-state index is 12.8. The fourth-order valence-corrected chi connectivity index (χ4v) is 4.21. The van der Waals surface area contributed by atoms with Gasteiger partial charge in [-0.05, 0) is 73.9 Å². The predicted molar refractivity (Wildman–Crippen MR) is 113 cm³/mol. The van der Waals surface area contributed by atoms with E-state index in [9.17, 15) is 13.2 Å². The molecule has 0 aromatic heterocycles. The summed E-state index contributed by atoms with van der Waals surface area (Å²) in [5.74, 6) is -0.214. The topological polar surface area (TPSA) is 66.5 Å². The van der Waals surface area contributed by atoms with Crippen LogP contribution in [0, 0.1) is 6.92 Å². The summed E-state index contributed by atoms with van der Waals surface area (Å²) in [7, 11) is -1.90. The number of hydrogen-bond acceptors (Lipinski definition) is 3. The van der Waals surface area contributed by atoms with Crippen LogP contribution in [0.2, 0.25) is 0 Å². The van der Waals surface area contributed by atoms with Crippen molar-refractivity contribution in [3.63, 3.8) is 0 Å². The molecule has 2 aromatic rings. The molecule has 6 heteroatoms. The van der Waals surface area contributed by atoms with Crippen molar-refractivity contribution in [3.8, 4) is 0 Å². The summed E-state index contributed by atoms with van der Waals surface area (Å²) >= 11 is 0. The molecule has 1 atom stereocenters. The van der Waals surface area contributed by atoms with E-state index in [-0.39, 0.29) is 11.9 Å². The quantitative estimate of drug-likeness (QED) is 0.831. The number of carbonyl (C=O) groups is 1. The van der Waals surface area contributed by atoms with Crippen molar-refractivity contribution in [1.29, 1.82) is 0 Å². The van der Waals surface area contributed by atoms with E-state index in [1.54, 1.807) is 18.2 Å². The van der Waals surface area contributed by atoms with Crippen LogP contribution in [0.15, 0.2) is 36.4 Å². The molecule has 0 heterocycles. The Bertz CT molecular complexity index is 999. The number of amides is 1. The molecule has 5 nitrogen and oxygen atoms in total. The van der Waals surface area contributed by atoms with E-state index in [1.165, 1.54) is 35.3 Å². The van der Waals surface area contributed by atoms with Crippen LogP contribution in [0.25, 0.3) is 0 Å². The van der Waals surface area contributed by atoms with Crippen molar-refractivity contribution >= 4 is 21.6 Å². The highest BCUT2D eigenvalue weighted by Crippen LogP contribution is 2.26. The Morgan fingerprint density at radius 3 is 2.43 bits per heavy atom. The number of aryl methyl sites for hydroxylation is 3. The van der Waals surface area contributed by atoms with Gasteiger partial charge >= 0.3 is 0 Å². The smallest absolute Gasteiger partial charge is 0.251 e. The van der Waals surface area contributed by atoms with E-state index < -0.39 is 10.0 Å². The largest absolute Gasteiger partial charge is 0.346 e. The van der Waals surface area contributed by atoms with Gasteiger partial charge in [0.15, 0.2) is 0 Å². The number of sulfonamides is 1. The highest BCUT2D eigenvalue weighted by atomic mass is 32.2. The molecule has 1 amide bonds. The van der Waals surface area contributed by atoms with Gasteiger partial charge < -0.3 is 5.32 Å². The summed E-state index contributed by atoms with van der Waals surface area (Å²) in [5, 5.41) is 3.04. The summed E-state index contributed by atoms with van der Waals surface area (Å²) in [6.07, 6.45) is 5.85. The number of rotatable bonds is 5. The average molecular weight is 401 g/mol. The number of nitrogens with zero attached hydrogens (tertiary/aromatic N) is 1. The molecule has 0 aliphatic heterocycles. The minimum absolute atomic E-state index is 0.128. The number of hydrogen-bond donors (Lipinski definition) is 1. The SMILES string of the molecule is Cc1ccc(C(=O)N[C@H](C)c2ccc3c(c2)CCCC3)cc1N(C)S(C)(=O)=O. The highest BCUT2D eigenvalue weighted by Gasteiger charge is 2.18. The van der Waals surface area contributed by atoms with Gasteiger partial charge in [0.1, 0.15) is 0 Å². The van der Waals surface area contributed by atoms with E-state index in [1.807, 2.05) is 13.8 Å². The van der Waals surface area contributed by atoms with Crippen LogP contribution in [0.5, 0.6) is 0 Å². The van der Waals surface area contributed by atoms with Crippen LogP contribution in [0.1, 0.15) is 58.4 Å². The van der Waals surface area contributed by atoms with Crippen LogP contribution in [-0.4, -0.2) is 27.6 Å². The van der Waals surface area contributed by atoms with Crippen LogP contribution in [0.4, 0.5) is 5.69 Å². The van der Waals surface area contributed by atoms with Gasteiger partial charge in [-0.15, -0.1) is 0 Å². The minimum atomic E-state index is -3.39. The Labute approximate surface area is 167 Å². The third-order valence-electron chi connectivity index (χ3n) is 5.53. The first-order chi connectivity index (χ1) is 13.2. The molecular formula is C22H28N2O3S. The first-order valence-corrected chi connectivity index (χ1v) is 11.5. The Hall–Kier alpha value is -2.34. The number of anilines is 1. The third kappa shape index (κ3) is 4.38. The zero-order valence-electron chi connectivity index (χ0n) is 17.0. The Balaban J connectivity index is 1.79. The monoisotopic (exact) mass is 400 g/mol. The summed E-state index contributed by atoms with van der Waals surface area (Å²) in [4.78, 5) is 12.8. The molecular weight excluding hydrogens is 372 g/mol. The second-order valence-corrected chi connectivity index (χ2v) is 9.68. The molecule has 2 aromatic carbocycles. The zero-order chi connectivity index (χ0) is 20.5. The van der Waals surface area contributed by atoms with Gasteiger partial charge in [-0.25, -0.2) is 8.42 Å². The van der Waals surface area contributed by atoms with Gasteiger partial charge in [0, 0.05) is 12.6 Å².